The van der Waals surface area contributed by atoms with Crippen molar-refractivity contribution >= 4 is 22.8 Å². The Morgan fingerprint density at radius 3 is 2.76 bits per heavy atom. The summed E-state index contributed by atoms with van der Waals surface area (Å²) in [6, 6.07) is 4.00. The lowest BCUT2D eigenvalue weighted by atomic mass is 10.0. The van der Waals surface area contributed by atoms with E-state index in [9.17, 15) is 9.59 Å². The van der Waals surface area contributed by atoms with Gasteiger partial charge in [0, 0.05) is 38.3 Å². The zero-order valence-corrected chi connectivity index (χ0v) is 15.3. The molecule has 6 heteroatoms. The molecule has 1 aromatic carbocycles. The minimum Gasteiger partial charge on any atom is -0.464 e. The molecule has 2 aromatic rings. The fraction of sp³-hybridized carbons (Fsp3) is 0.474. The summed E-state index contributed by atoms with van der Waals surface area (Å²) < 4.78 is 10.6. The molecule has 0 aliphatic heterocycles. The van der Waals surface area contributed by atoms with Crippen LogP contribution in [0.5, 0.6) is 0 Å². The number of ether oxygens (including phenoxy) is 1. The Hall–Kier alpha value is -2.34. The number of carbonyl (C=O) groups is 2. The molecular weight excluding hydrogens is 320 g/mol. The second-order valence-corrected chi connectivity index (χ2v) is 6.27. The van der Waals surface area contributed by atoms with E-state index in [1.807, 2.05) is 26.0 Å². The van der Waals surface area contributed by atoms with Gasteiger partial charge in [0.2, 0.25) is 11.8 Å². The number of rotatable bonds is 8. The van der Waals surface area contributed by atoms with Crippen molar-refractivity contribution < 1.29 is 18.7 Å². The largest absolute Gasteiger partial charge is 0.464 e. The molecule has 1 N–H and O–H groups in total. The van der Waals surface area contributed by atoms with Crippen molar-refractivity contribution in [1.82, 2.24) is 10.2 Å². The molecule has 0 aliphatic rings. The van der Waals surface area contributed by atoms with Crippen LogP contribution in [0.4, 0.5) is 0 Å². The van der Waals surface area contributed by atoms with Gasteiger partial charge in [-0.1, -0.05) is 12.1 Å². The molecule has 25 heavy (non-hydrogen) atoms. The van der Waals surface area contributed by atoms with Gasteiger partial charge in [-0.25, -0.2) is 0 Å². The van der Waals surface area contributed by atoms with Crippen molar-refractivity contribution in [1.29, 1.82) is 0 Å². The first kappa shape index (κ1) is 19.0. The summed E-state index contributed by atoms with van der Waals surface area (Å²) in [6.07, 6.45) is 2.59. The van der Waals surface area contributed by atoms with Crippen LogP contribution >= 0.6 is 0 Å². The van der Waals surface area contributed by atoms with Crippen molar-refractivity contribution in [2.45, 2.75) is 26.7 Å². The fourth-order valence-electron chi connectivity index (χ4n) is 2.63. The molecule has 136 valence electrons. The van der Waals surface area contributed by atoms with Crippen LogP contribution in [-0.4, -0.2) is 50.6 Å². The predicted octanol–water partition coefficient (Wildman–Crippen LogP) is 2.20. The Morgan fingerprint density at radius 2 is 2.04 bits per heavy atom. The van der Waals surface area contributed by atoms with Gasteiger partial charge in [0.1, 0.15) is 5.58 Å². The van der Waals surface area contributed by atoms with Crippen molar-refractivity contribution in [3.8, 4) is 0 Å². The zero-order chi connectivity index (χ0) is 18.4. The van der Waals surface area contributed by atoms with Crippen LogP contribution in [0.1, 0.15) is 23.1 Å². The lowest BCUT2D eigenvalue weighted by Crippen LogP contribution is -2.39. The van der Waals surface area contributed by atoms with Gasteiger partial charge in [0.15, 0.2) is 0 Å². The van der Waals surface area contributed by atoms with E-state index in [1.54, 1.807) is 20.4 Å². The van der Waals surface area contributed by atoms with Gasteiger partial charge in [0.25, 0.3) is 0 Å². The molecular formula is C19H26N2O4. The summed E-state index contributed by atoms with van der Waals surface area (Å²) in [5.41, 5.74) is 3.90. The maximum Gasteiger partial charge on any atom is 0.239 e. The first-order chi connectivity index (χ1) is 11.9. The monoisotopic (exact) mass is 346 g/mol. The van der Waals surface area contributed by atoms with E-state index in [-0.39, 0.29) is 24.8 Å². The van der Waals surface area contributed by atoms with Gasteiger partial charge in [-0.3, -0.25) is 9.59 Å². The van der Waals surface area contributed by atoms with E-state index >= 15 is 0 Å². The van der Waals surface area contributed by atoms with E-state index in [2.05, 4.69) is 5.32 Å². The standard InChI is InChI=1S/C19H26N2O4/c1-13-6-7-16-15(12-25-19(16)14(13)2)10-18(23)21(3)11-17(22)20-8-5-9-24-4/h6-7,12H,5,8-11H2,1-4H3,(H,20,22). The Kier molecular flexibility index (Phi) is 6.58. The lowest BCUT2D eigenvalue weighted by molar-refractivity contribution is -0.134. The topological polar surface area (TPSA) is 71.8 Å². The molecule has 0 saturated carbocycles. The quantitative estimate of drug-likeness (QED) is 0.744. The number of methoxy groups -OCH3 is 1. The minimum absolute atomic E-state index is 0.0414. The Balaban J connectivity index is 1.93. The average molecular weight is 346 g/mol. The molecule has 0 bridgehead atoms. The number of fused-ring (bicyclic) bond motifs is 1. The van der Waals surface area contributed by atoms with Gasteiger partial charge in [-0.15, -0.1) is 0 Å². The summed E-state index contributed by atoms with van der Waals surface area (Å²) in [4.78, 5) is 25.7. The maximum atomic E-state index is 12.4. The number of nitrogens with zero attached hydrogens (tertiary/aromatic N) is 1. The van der Waals surface area contributed by atoms with Crippen LogP contribution in [0.3, 0.4) is 0 Å². The maximum absolute atomic E-state index is 12.4. The first-order valence-corrected chi connectivity index (χ1v) is 8.40. The molecule has 2 rings (SSSR count). The molecule has 1 aromatic heterocycles. The summed E-state index contributed by atoms with van der Waals surface area (Å²) in [5, 5.41) is 3.73. The number of benzene rings is 1. The van der Waals surface area contributed by atoms with E-state index in [1.165, 1.54) is 4.90 Å². The van der Waals surface area contributed by atoms with Crippen molar-refractivity contribution in [2.75, 3.05) is 33.9 Å². The third-order valence-electron chi connectivity index (χ3n) is 4.34. The molecule has 2 amide bonds. The number of likely N-dealkylation sites (N-methyl/N-ethyl adjacent to an activating group) is 1. The first-order valence-electron chi connectivity index (χ1n) is 8.40. The van der Waals surface area contributed by atoms with Crippen molar-refractivity contribution in [3.63, 3.8) is 0 Å². The van der Waals surface area contributed by atoms with Gasteiger partial charge in [0.05, 0.1) is 19.2 Å². The Morgan fingerprint density at radius 1 is 1.28 bits per heavy atom. The third-order valence-corrected chi connectivity index (χ3v) is 4.34. The van der Waals surface area contributed by atoms with Gasteiger partial charge in [-0.2, -0.15) is 0 Å². The molecule has 0 fully saturated rings. The number of hydrogen-bond donors (Lipinski definition) is 1. The summed E-state index contributed by atoms with van der Waals surface area (Å²) in [5.74, 6) is -0.288. The Bertz CT molecular complexity index is 751. The van der Waals surface area contributed by atoms with Crippen LogP contribution < -0.4 is 5.32 Å². The zero-order valence-electron chi connectivity index (χ0n) is 15.3. The van der Waals surface area contributed by atoms with Crippen molar-refractivity contribution in [3.05, 3.63) is 35.1 Å². The molecule has 0 saturated heterocycles. The average Bonchev–Trinajstić information content (AvgIpc) is 2.98. The summed E-state index contributed by atoms with van der Waals surface area (Å²) >= 11 is 0. The van der Waals surface area contributed by atoms with Crippen LogP contribution in [0.15, 0.2) is 22.8 Å². The van der Waals surface area contributed by atoms with Crippen LogP contribution in [-0.2, 0) is 20.7 Å². The molecule has 0 atom stereocenters. The third kappa shape index (κ3) is 4.82. The lowest BCUT2D eigenvalue weighted by Gasteiger charge is -2.16. The molecule has 0 unspecified atom stereocenters. The number of carbonyl (C=O) groups excluding carboxylic acids is 2. The predicted molar refractivity (Wildman–Crippen MR) is 96.5 cm³/mol. The number of nitrogens with one attached hydrogen (secondary N) is 1. The van der Waals surface area contributed by atoms with E-state index in [4.69, 9.17) is 9.15 Å². The summed E-state index contributed by atoms with van der Waals surface area (Å²) in [7, 11) is 3.26. The van der Waals surface area contributed by atoms with Crippen LogP contribution in [0.25, 0.3) is 11.0 Å². The molecule has 0 aliphatic carbocycles. The number of furan rings is 1. The highest BCUT2D eigenvalue weighted by molar-refractivity contribution is 5.91. The molecule has 1 heterocycles. The Labute approximate surface area is 148 Å². The molecule has 0 radical (unpaired) electrons. The van der Waals surface area contributed by atoms with Gasteiger partial charge >= 0.3 is 0 Å². The smallest absolute Gasteiger partial charge is 0.239 e. The second-order valence-electron chi connectivity index (χ2n) is 6.27. The van der Waals surface area contributed by atoms with Gasteiger partial charge in [-0.05, 0) is 31.4 Å². The van der Waals surface area contributed by atoms with E-state index in [0.29, 0.717) is 13.2 Å². The molecule has 6 nitrogen and oxygen atoms in total. The number of amides is 2. The van der Waals surface area contributed by atoms with Gasteiger partial charge < -0.3 is 19.4 Å². The second kappa shape index (κ2) is 8.67. The number of aryl methyl sites for hydroxylation is 2. The molecule has 0 spiro atoms. The van der Waals surface area contributed by atoms with E-state index < -0.39 is 0 Å². The highest BCUT2D eigenvalue weighted by Crippen LogP contribution is 2.26. The highest BCUT2D eigenvalue weighted by Gasteiger charge is 2.17. The van der Waals surface area contributed by atoms with Crippen LogP contribution in [0.2, 0.25) is 0 Å². The van der Waals surface area contributed by atoms with E-state index in [0.717, 1.165) is 34.1 Å². The minimum atomic E-state index is -0.171. The summed E-state index contributed by atoms with van der Waals surface area (Å²) in [6.45, 7) is 5.22. The number of hydrogen-bond acceptors (Lipinski definition) is 4. The van der Waals surface area contributed by atoms with Crippen molar-refractivity contribution in [2.24, 2.45) is 0 Å². The highest BCUT2D eigenvalue weighted by atomic mass is 16.5. The fourth-order valence-corrected chi connectivity index (χ4v) is 2.63. The van der Waals surface area contributed by atoms with Crippen LogP contribution in [0, 0.1) is 13.8 Å². The normalized spacial score (nSPS) is 10.9. The SMILES string of the molecule is COCCCNC(=O)CN(C)C(=O)Cc1coc2c(C)c(C)ccc12.